The van der Waals surface area contributed by atoms with Gasteiger partial charge in [0.2, 0.25) is 5.91 Å². The van der Waals surface area contributed by atoms with Crippen molar-refractivity contribution in [1.82, 2.24) is 4.90 Å². The minimum absolute atomic E-state index is 0.138. The van der Waals surface area contributed by atoms with Crippen LogP contribution in [0.5, 0.6) is 0 Å². The number of carbonyl (C=O) groups excluding carboxylic acids is 2. The number of ketones is 1. The lowest BCUT2D eigenvalue weighted by molar-refractivity contribution is -0.139. The molecule has 2 aliphatic rings. The van der Waals surface area contributed by atoms with Gasteiger partial charge in [-0.2, -0.15) is 0 Å². The van der Waals surface area contributed by atoms with E-state index < -0.39 is 0 Å². The standard InChI is InChI=1S/C17H29NO2/c1-2-3-4-12-17(20)18-13-8-7-10-15(18)14-9-5-6-11-16(14)19/h14-15H,2-13H2,1H3. The second-order valence-electron chi connectivity index (χ2n) is 6.43. The van der Waals surface area contributed by atoms with Crippen molar-refractivity contribution in [3.05, 3.63) is 0 Å². The Hall–Kier alpha value is -0.860. The van der Waals surface area contributed by atoms with Crippen LogP contribution in [-0.2, 0) is 9.59 Å². The van der Waals surface area contributed by atoms with Crippen LogP contribution in [0.3, 0.4) is 0 Å². The number of hydrogen-bond donors (Lipinski definition) is 0. The molecule has 2 unspecified atom stereocenters. The lowest BCUT2D eigenvalue weighted by atomic mass is 9.79. The monoisotopic (exact) mass is 279 g/mol. The second-order valence-corrected chi connectivity index (χ2v) is 6.43. The third kappa shape index (κ3) is 3.83. The third-order valence-electron chi connectivity index (χ3n) is 4.93. The molecule has 1 aliphatic heterocycles. The summed E-state index contributed by atoms with van der Waals surface area (Å²) in [6.45, 7) is 3.04. The van der Waals surface area contributed by atoms with Gasteiger partial charge < -0.3 is 4.90 Å². The van der Waals surface area contributed by atoms with Crippen molar-refractivity contribution < 1.29 is 9.59 Å². The molecule has 2 rings (SSSR count). The maximum absolute atomic E-state index is 12.4. The van der Waals surface area contributed by atoms with Crippen LogP contribution in [0.2, 0.25) is 0 Å². The average Bonchev–Trinajstić information content (AvgIpc) is 2.48. The number of piperidine rings is 1. The molecular weight excluding hydrogens is 250 g/mol. The Morgan fingerprint density at radius 2 is 1.95 bits per heavy atom. The average molecular weight is 279 g/mol. The molecule has 0 bridgehead atoms. The molecule has 1 heterocycles. The van der Waals surface area contributed by atoms with E-state index in [2.05, 4.69) is 11.8 Å². The summed E-state index contributed by atoms with van der Waals surface area (Å²) in [4.78, 5) is 26.7. The minimum atomic E-state index is 0.138. The van der Waals surface area contributed by atoms with Gasteiger partial charge in [0.25, 0.3) is 0 Å². The van der Waals surface area contributed by atoms with Crippen LogP contribution >= 0.6 is 0 Å². The zero-order valence-corrected chi connectivity index (χ0v) is 12.9. The molecule has 0 aromatic carbocycles. The molecule has 2 atom stereocenters. The van der Waals surface area contributed by atoms with Gasteiger partial charge in [0, 0.05) is 31.3 Å². The van der Waals surface area contributed by atoms with E-state index in [1.165, 1.54) is 6.42 Å². The molecule has 1 amide bonds. The highest BCUT2D eigenvalue weighted by Gasteiger charge is 2.37. The van der Waals surface area contributed by atoms with Crippen molar-refractivity contribution in [3.63, 3.8) is 0 Å². The van der Waals surface area contributed by atoms with Gasteiger partial charge in [-0.3, -0.25) is 9.59 Å². The molecule has 1 aliphatic carbocycles. The lowest BCUT2D eigenvalue weighted by Gasteiger charge is -2.41. The molecular formula is C17H29NO2. The first kappa shape index (κ1) is 15.5. The van der Waals surface area contributed by atoms with Crippen LogP contribution in [0.1, 0.15) is 77.6 Å². The molecule has 1 saturated carbocycles. The highest BCUT2D eigenvalue weighted by molar-refractivity contribution is 5.84. The van der Waals surface area contributed by atoms with Gasteiger partial charge in [-0.1, -0.05) is 26.2 Å². The van der Waals surface area contributed by atoms with Crippen molar-refractivity contribution in [2.24, 2.45) is 5.92 Å². The minimum Gasteiger partial charge on any atom is -0.339 e. The van der Waals surface area contributed by atoms with Crippen molar-refractivity contribution in [2.75, 3.05) is 6.54 Å². The summed E-state index contributed by atoms with van der Waals surface area (Å²) in [6, 6.07) is 0.214. The van der Waals surface area contributed by atoms with E-state index >= 15 is 0 Å². The normalized spacial score (nSPS) is 27.6. The number of hydrogen-bond acceptors (Lipinski definition) is 2. The molecule has 3 nitrogen and oxygen atoms in total. The number of carbonyl (C=O) groups is 2. The van der Waals surface area contributed by atoms with Crippen molar-refractivity contribution in [1.29, 1.82) is 0 Å². The Kier molecular flexibility index (Phi) is 6.06. The van der Waals surface area contributed by atoms with E-state index in [4.69, 9.17) is 0 Å². The molecule has 0 radical (unpaired) electrons. The molecule has 3 heteroatoms. The maximum Gasteiger partial charge on any atom is 0.222 e. The number of nitrogens with zero attached hydrogens (tertiary/aromatic N) is 1. The Balaban J connectivity index is 1.97. The predicted octanol–water partition coefficient (Wildman–Crippen LogP) is 3.71. The maximum atomic E-state index is 12.4. The summed E-state index contributed by atoms with van der Waals surface area (Å²) in [5.74, 6) is 0.843. The molecule has 114 valence electrons. The fraction of sp³-hybridized carbons (Fsp3) is 0.882. The number of likely N-dealkylation sites (tertiary alicyclic amines) is 1. The van der Waals surface area contributed by atoms with Crippen molar-refractivity contribution in [2.45, 2.75) is 83.6 Å². The van der Waals surface area contributed by atoms with Crippen molar-refractivity contribution >= 4 is 11.7 Å². The van der Waals surface area contributed by atoms with Crippen molar-refractivity contribution in [3.8, 4) is 0 Å². The van der Waals surface area contributed by atoms with Crippen LogP contribution in [-0.4, -0.2) is 29.2 Å². The zero-order chi connectivity index (χ0) is 14.4. The van der Waals surface area contributed by atoms with E-state index in [0.29, 0.717) is 18.1 Å². The molecule has 2 fully saturated rings. The number of amides is 1. The second kappa shape index (κ2) is 7.80. The smallest absolute Gasteiger partial charge is 0.222 e. The number of unbranched alkanes of at least 4 members (excludes halogenated alkanes) is 2. The Morgan fingerprint density at radius 3 is 2.70 bits per heavy atom. The van der Waals surface area contributed by atoms with Gasteiger partial charge in [0.05, 0.1) is 0 Å². The fourth-order valence-corrected chi connectivity index (χ4v) is 3.77. The summed E-state index contributed by atoms with van der Waals surface area (Å²) in [7, 11) is 0. The summed E-state index contributed by atoms with van der Waals surface area (Å²) in [6.07, 6.45) is 11.2. The van der Waals surface area contributed by atoms with Crippen LogP contribution in [0.15, 0.2) is 0 Å². The summed E-state index contributed by atoms with van der Waals surface area (Å²) >= 11 is 0. The highest BCUT2D eigenvalue weighted by Crippen LogP contribution is 2.32. The lowest BCUT2D eigenvalue weighted by Crippen LogP contribution is -2.50. The van der Waals surface area contributed by atoms with Crippen LogP contribution in [0.4, 0.5) is 0 Å². The first-order chi connectivity index (χ1) is 9.74. The quantitative estimate of drug-likeness (QED) is 0.719. The molecule has 1 saturated heterocycles. The van der Waals surface area contributed by atoms with E-state index in [9.17, 15) is 9.59 Å². The van der Waals surface area contributed by atoms with Crippen LogP contribution in [0, 0.1) is 5.92 Å². The van der Waals surface area contributed by atoms with Gasteiger partial charge in [-0.25, -0.2) is 0 Å². The molecule has 0 N–H and O–H groups in total. The molecule has 0 aromatic rings. The highest BCUT2D eigenvalue weighted by atomic mass is 16.2. The summed E-state index contributed by atoms with van der Waals surface area (Å²) in [5, 5.41) is 0. The predicted molar refractivity (Wildman–Crippen MR) is 80.5 cm³/mol. The van der Waals surface area contributed by atoms with Gasteiger partial charge in [-0.05, 0) is 38.5 Å². The first-order valence-corrected chi connectivity index (χ1v) is 8.56. The molecule has 20 heavy (non-hydrogen) atoms. The van der Waals surface area contributed by atoms with Gasteiger partial charge >= 0.3 is 0 Å². The fourth-order valence-electron chi connectivity index (χ4n) is 3.77. The Bertz CT molecular complexity index is 340. The van der Waals surface area contributed by atoms with E-state index in [-0.39, 0.29) is 12.0 Å². The van der Waals surface area contributed by atoms with Crippen LogP contribution in [0.25, 0.3) is 0 Å². The van der Waals surface area contributed by atoms with Gasteiger partial charge in [-0.15, -0.1) is 0 Å². The third-order valence-corrected chi connectivity index (χ3v) is 4.93. The zero-order valence-electron chi connectivity index (χ0n) is 12.9. The number of rotatable bonds is 5. The van der Waals surface area contributed by atoms with E-state index in [1.54, 1.807) is 0 Å². The molecule has 0 aromatic heterocycles. The molecule has 0 spiro atoms. The largest absolute Gasteiger partial charge is 0.339 e. The Labute approximate surface area is 123 Å². The SMILES string of the molecule is CCCCCC(=O)N1CCCCC1C1CCCCC1=O. The number of Topliss-reactive ketones (excluding diaryl/α,β-unsaturated/α-hetero) is 1. The van der Waals surface area contributed by atoms with Gasteiger partial charge in [0.1, 0.15) is 5.78 Å². The first-order valence-electron chi connectivity index (χ1n) is 8.56. The topological polar surface area (TPSA) is 37.4 Å². The summed E-state index contributed by atoms with van der Waals surface area (Å²) in [5.41, 5.74) is 0. The van der Waals surface area contributed by atoms with E-state index in [1.807, 2.05) is 0 Å². The van der Waals surface area contributed by atoms with Gasteiger partial charge in [0.15, 0.2) is 0 Å². The Morgan fingerprint density at radius 1 is 1.15 bits per heavy atom. The summed E-state index contributed by atoms with van der Waals surface area (Å²) < 4.78 is 0. The van der Waals surface area contributed by atoms with E-state index in [0.717, 1.165) is 64.3 Å². The van der Waals surface area contributed by atoms with Crippen LogP contribution < -0.4 is 0 Å².